The summed E-state index contributed by atoms with van der Waals surface area (Å²) in [5, 5.41) is 0. The van der Waals surface area contributed by atoms with E-state index in [-0.39, 0.29) is 0 Å². The number of hydrogen-bond donors (Lipinski definition) is 0. The Hall–Kier alpha value is -0.690. The van der Waals surface area contributed by atoms with Gasteiger partial charge in [-0.2, -0.15) is 0 Å². The first-order valence-electron chi connectivity index (χ1n) is 6.14. The van der Waals surface area contributed by atoms with E-state index in [9.17, 15) is 0 Å². The van der Waals surface area contributed by atoms with Crippen LogP contribution in [0.15, 0.2) is 24.3 Å². The first-order chi connectivity index (χ1) is 7.86. The molecule has 90 valence electrons. The molecule has 0 amide bonds. The molecule has 0 aromatic heterocycles. The van der Waals surface area contributed by atoms with Gasteiger partial charge in [0.05, 0.1) is 6.61 Å². The zero-order valence-electron chi connectivity index (χ0n) is 10.0. The molecule has 0 bridgehead atoms. The summed E-state index contributed by atoms with van der Waals surface area (Å²) in [6.45, 7) is 2.99. The number of alkyl halides is 1. The number of hydrogen-bond acceptors (Lipinski definition) is 1. The van der Waals surface area contributed by atoms with Crippen LogP contribution in [0.5, 0.6) is 5.75 Å². The molecule has 1 nitrogen and oxygen atoms in total. The second kappa shape index (κ2) is 8.46. The van der Waals surface area contributed by atoms with Crippen LogP contribution in [0.4, 0.5) is 0 Å². The van der Waals surface area contributed by atoms with Gasteiger partial charge in [-0.25, -0.2) is 0 Å². The molecule has 0 heterocycles. The predicted molar refractivity (Wildman–Crippen MR) is 70.5 cm³/mol. The van der Waals surface area contributed by atoms with Crippen molar-refractivity contribution in [1.29, 1.82) is 0 Å². The van der Waals surface area contributed by atoms with E-state index in [0.29, 0.717) is 0 Å². The van der Waals surface area contributed by atoms with Crippen molar-refractivity contribution in [3.05, 3.63) is 29.8 Å². The van der Waals surface area contributed by atoms with Gasteiger partial charge in [-0.1, -0.05) is 25.5 Å². The lowest BCUT2D eigenvalue weighted by Crippen LogP contribution is -1.97. The SMILES string of the molecule is CCCc1ccc(OCCCCCCl)cc1. The highest BCUT2D eigenvalue weighted by molar-refractivity contribution is 6.17. The molecule has 0 aliphatic rings. The molecule has 16 heavy (non-hydrogen) atoms. The fourth-order valence-corrected chi connectivity index (χ4v) is 1.79. The topological polar surface area (TPSA) is 9.23 Å². The average Bonchev–Trinajstić information content (AvgIpc) is 2.31. The normalized spacial score (nSPS) is 10.4. The van der Waals surface area contributed by atoms with E-state index in [1.54, 1.807) is 0 Å². The van der Waals surface area contributed by atoms with Crippen LogP contribution in [0.1, 0.15) is 38.2 Å². The van der Waals surface area contributed by atoms with Crippen molar-refractivity contribution in [3.63, 3.8) is 0 Å². The Morgan fingerprint density at radius 1 is 1.06 bits per heavy atom. The van der Waals surface area contributed by atoms with Crippen LogP contribution >= 0.6 is 11.6 Å². The maximum atomic E-state index is 5.64. The monoisotopic (exact) mass is 240 g/mol. The van der Waals surface area contributed by atoms with E-state index in [2.05, 4.69) is 31.2 Å². The minimum Gasteiger partial charge on any atom is -0.494 e. The third kappa shape index (κ3) is 5.41. The van der Waals surface area contributed by atoms with Crippen molar-refractivity contribution >= 4 is 11.6 Å². The zero-order chi connectivity index (χ0) is 11.6. The second-order valence-corrected chi connectivity index (χ2v) is 4.37. The molecular weight excluding hydrogens is 220 g/mol. The number of halogens is 1. The molecule has 0 saturated carbocycles. The number of rotatable bonds is 8. The smallest absolute Gasteiger partial charge is 0.119 e. The Balaban J connectivity index is 2.21. The van der Waals surface area contributed by atoms with Gasteiger partial charge in [0.2, 0.25) is 0 Å². The lowest BCUT2D eigenvalue weighted by atomic mass is 10.1. The van der Waals surface area contributed by atoms with Gasteiger partial charge >= 0.3 is 0 Å². The van der Waals surface area contributed by atoms with Crippen LogP contribution in [0.25, 0.3) is 0 Å². The lowest BCUT2D eigenvalue weighted by Gasteiger charge is -2.06. The van der Waals surface area contributed by atoms with E-state index in [4.69, 9.17) is 16.3 Å². The quantitative estimate of drug-likeness (QED) is 0.483. The molecule has 0 aliphatic carbocycles. The summed E-state index contributed by atoms with van der Waals surface area (Å²) in [6, 6.07) is 8.42. The van der Waals surface area contributed by atoms with E-state index in [1.165, 1.54) is 12.0 Å². The second-order valence-electron chi connectivity index (χ2n) is 3.99. The van der Waals surface area contributed by atoms with Gasteiger partial charge in [0.15, 0.2) is 0 Å². The van der Waals surface area contributed by atoms with Crippen LogP contribution in [0.2, 0.25) is 0 Å². The summed E-state index contributed by atoms with van der Waals surface area (Å²) in [6.07, 6.45) is 5.66. The van der Waals surface area contributed by atoms with Crippen LogP contribution in [0.3, 0.4) is 0 Å². The number of unbranched alkanes of at least 4 members (excludes halogenated alkanes) is 2. The molecule has 0 unspecified atom stereocenters. The Morgan fingerprint density at radius 3 is 2.44 bits per heavy atom. The molecule has 1 aromatic carbocycles. The van der Waals surface area contributed by atoms with E-state index < -0.39 is 0 Å². The Bertz CT molecular complexity index is 269. The van der Waals surface area contributed by atoms with Gasteiger partial charge in [-0.3, -0.25) is 0 Å². The standard InChI is InChI=1S/C14H21ClO/c1-2-6-13-7-9-14(10-8-13)16-12-5-3-4-11-15/h7-10H,2-6,11-12H2,1H3. The average molecular weight is 241 g/mol. The molecule has 1 rings (SSSR count). The van der Waals surface area contributed by atoms with Crippen LogP contribution in [-0.2, 0) is 6.42 Å². The maximum Gasteiger partial charge on any atom is 0.119 e. The van der Waals surface area contributed by atoms with Gasteiger partial charge in [-0.15, -0.1) is 11.6 Å². The highest BCUT2D eigenvalue weighted by Gasteiger charge is 1.95. The van der Waals surface area contributed by atoms with E-state index in [1.807, 2.05) is 0 Å². The summed E-state index contributed by atoms with van der Waals surface area (Å²) in [4.78, 5) is 0. The maximum absolute atomic E-state index is 5.64. The van der Waals surface area contributed by atoms with Crippen molar-refractivity contribution in [3.8, 4) is 5.75 Å². The van der Waals surface area contributed by atoms with Gasteiger partial charge in [0, 0.05) is 5.88 Å². The first-order valence-corrected chi connectivity index (χ1v) is 6.68. The summed E-state index contributed by atoms with van der Waals surface area (Å²) in [5.74, 6) is 1.73. The number of ether oxygens (including phenoxy) is 1. The lowest BCUT2D eigenvalue weighted by molar-refractivity contribution is 0.306. The molecule has 2 heteroatoms. The predicted octanol–water partition coefficient (Wildman–Crippen LogP) is 4.43. The van der Waals surface area contributed by atoms with E-state index >= 15 is 0 Å². The molecule has 1 aromatic rings. The van der Waals surface area contributed by atoms with Crippen molar-refractivity contribution in [2.45, 2.75) is 39.0 Å². The third-order valence-electron chi connectivity index (χ3n) is 2.51. The van der Waals surface area contributed by atoms with Gasteiger partial charge in [-0.05, 0) is 43.4 Å². The first kappa shape index (κ1) is 13.4. The summed E-state index contributed by atoms with van der Waals surface area (Å²) in [5.41, 5.74) is 1.39. The minimum atomic E-state index is 0.756. The van der Waals surface area contributed by atoms with E-state index in [0.717, 1.165) is 43.9 Å². The van der Waals surface area contributed by atoms with Gasteiger partial charge in [0.1, 0.15) is 5.75 Å². The zero-order valence-corrected chi connectivity index (χ0v) is 10.8. The van der Waals surface area contributed by atoms with Crippen LogP contribution in [-0.4, -0.2) is 12.5 Å². The number of benzene rings is 1. The minimum absolute atomic E-state index is 0.756. The van der Waals surface area contributed by atoms with Gasteiger partial charge < -0.3 is 4.74 Å². The number of aryl methyl sites for hydroxylation is 1. The van der Waals surface area contributed by atoms with Gasteiger partial charge in [0.25, 0.3) is 0 Å². The molecule has 0 radical (unpaired) electrons. The Labute approximate surface area is 104 Å². The highest BCUT2D eigenvalue weighted by Crippen LogP contribution is 2.13. The van der Waals surface area contributed by atoms with Crippen LogP contribution < -0.4 is 4.74 Å². The van der Waals surface area contributed by atoms with Crippen LogP contribution in [0, 0.1) is 0 Å². The molecule has 0 aliphatic heterocycles. The largest absolute Gasteiger partial charge is 0.494 e. The molecule has 0 N–H and O–H groups in total. The highest BCUT2D eigenvalue weighted by atomic mass is 35.5. The molecule has 0 spiro atoms. The fourth-order valence-electron chi connectivity index (χ4n) is 1.60. The summed E-state index contributed by atoms with van der Waals surface area (Å²) in [7, 11) is 0. The third-order valence-corrected chi connectivity index (χ3v) is 2.78. The van der Waals surface area contributed by atoms with Crippen molar-refractivity contribution in [1.82, 2.24) is 0 Å². The fraction of sp³-hybridized carbons (Fsp3) is 0.571. The molecule has 0 atom stereocenters. The molecule has 0 fully saturated rings. The summed E-state index contributed by atoms with van der Waals surface area (Å²) < 4.78 is 5.64. The van der Waals surface area contributed by atoms with Crippen molar-refractivity contribution in [2.24, 2.45) is 0 Å². The Kier molecular flexibility index (Phi) is 7.07. The Morgan fingerprint density at radius 2 is 1.81 bits per heavy atom. The molecular formula is C14H21ClO. The molecule has 0 saturated heterocycles. The van der Waals surface area contributed by atoms with Crippen molar-refractivity contribution < 1.29 is 4.74 Å². The summed E-state index contributed by atoms with van der Waals surface area (Å²) >= 11 is 5.60. The van der Waals surface area contributed by atoms with Crippen molar-refractivity contribution in [2.75, 3.05) is 12.5 Å².